The number of hydrogen-bond acceptors (Lipinski definition) is 2. The number of rotatable bonds is 0. The average Bonchev–Trinajstić information content (AvgIpc) is 2.74. The van der Waals surface area contributed by atoms with Crippen molar-refractivity contribution < 1.29 is 13.2 Å². The molecule has 1 nitrogen and oxygen atoms in total. The molecule has 0 atom stereocenters. The Bertz CT molecular complexity index is 515. The average molecular weight is 291 g/mol. The van der Waals surface area contributed by atoms with Crippen LogP contribution in [0.4, 0.5) is 13.2 Å². The third-order valence-corrected chi connectivity index (χ3v) is 2.98. The van der Waals surface area contributed by atoms with Crippen molar-refractivity contribution in [1.82, 2.24) is 4.37 Å². The van der Waals surface area contributed by atoms with Gasteiger partial charge in [0.25, 0.3) is 0 Å². The van der Waals surface area contributed by atoms with E-state index in [1.165, 1.54) is 0 Å². The molecule has 108 valence electrons. The van der Waals surface area contributed by atoms with Crippen molar-refractivity contribution in [3.05, 3.63) is 28.1 Å². The second kappa shape index (κ2) is 7.48. The highest BCUT2D eigenvalue weighted by atomic mass is 32.1. The van der Waals surface area contributed by atoms with Gasteiger partial charge in [-0.3, -0.25) is 0 Å². The number of fused-ring (bicyclic) bond motifs is 1. The summed E-state index contributed by atoms with van der Waals surface area (Å²) in [5.74, 6) is 0. The predicted octanol–water partition coefficient (Wildman–Crippen LogP) is 5.98. The molecule has 0 saturated carbocycles. The number of alkyl halides is 3. The Morgan fingerprint density at radius 1 is 1.00 bits per heavy atom. The molecule has 5 heteroatoms. The number of nitrogens with zero attached hydrogens (tertiary/aromatic N) is 1. The van der Waals surface area contributed by atoms with Gasteiger partial charge in [-0.1, -0.05) is 27.7 Å². The lowest BCUT2D eigenvalue weighted by Crippen LogP contribution is -2.06. The van der Waals surface area contributed by atoms with Crippen LogP contribution in [0.3, 0.4) is 0 Å². The molecule has 0 radical (unpaired) electrons. The molecule has 0 N–H and O–H groups in total. The fraction of sp³-hybridized carbons (Fsp3) is 0.500. The van der Waals surface area contributed by atoms with E-state index < -0.39 is 11.7 Å². The quantitative estimate of drug-likeness (QED) is 0.581. The van der Waals surface area contributed by atoms with Crippen LogP contribution in [-0.4, -0.2) is 4.37 Å². The van der Waals surface area contributed by atoms with Gasteiger partial charge in [0.05, 0.1) is 11.1 Å². The monoisotopic (exact) mass is 291 g/mol. The Morgan fingerprint density at radius 3 is 2.00 bits per heavy atom. The fourth-order valence-corrected chi connectivity index (χ4v) is 2.20. The molecule has 0 amide bonds. The minimum absolute atomic E-state index is 0.0654. The largest absolute Gasteiger partial charge is 0.418 e. The van der Waals surface area contributed by atoms with E-state index in [-0.39, 0.29) is 5.52 Å². The van der Waals surface area contributed by atoms with Crippen LogP contribution in [-0.2, 0) is 6.18 Å². The second-order valence-corrected chi connectivity index (χ2v) is 4.42. The first-order chi connectivity index (χ1) is 8.89. The first-order valence-electron chi connectivity index (χ1n) is 6.33. The lowest BCUT2D eigenvalue weighted by molar-refractivity contribution is -0.136. The van der Waals surface area contributed by atoms with E-state index in [0.29, 0.717) is 10.9 Å². The maximum atomic E-state index is 12.7. The van der Waals surface area contributed by atoms with E-state index in [2.05, 4.69) is 4.37 Å². The third-order valence-electron chi connectivity index (χ3n) is 2.21. The number of aromatic nitrogens is 1. The molecule has 19 heavy (non-hydrogen) atoms. The topological polar surface area (TPSA) is 12.9 Å². The van der Waals surface area contributed by atoms with Crippen molar-refractivity contribution in [2.45, 2.75) is 47.7 Å². The summed E-state index contributed by atoms with van der Waals surface area (Å²) >= 11 is 1.11. The molecular weight excluding hydrogens is 271 g/mol. The summed E-state index contributed by atoms with van der Waals surface area (Å²) in [6.07, 6.45) is -4.33. The zero-order valence-electron chi connectivity index (χ0n) is 12.1. The van der Waals surface area contributed by atoms with Crippen LogP contribution in [0.15, 0.2) is 12.1 Å². The van der Waals surface area contributed by atoms with Crippen molar-refractivity contribution in [2.75, 3.05) is 0 Å². The highest BCUT2D eigenvalue weighted by molar-refractivity contribution is 7.07. The predicted molar refractivity (Wildman–Crippen MR) is 76.8 cm³/mol. The molecule has 0 bridgehead atoms. The first-order valence-corrected chi connectivity index (χ1v) is 7.11. The Balaban J connectivity index is 0.000000741. The zero-order chi connectivity index (χ0) is 15.2. The zero-order valence-corrected chi connectivity index (χ0v) is 13.0. The first kappa shape index (κ1) is 17.9. The summed E-state index contributed by atoms with van der Waals surface area (Å²) in [6.45, 7) is 11.4. The van der Waals surface area contributed by atoms with Gasteiger partial charge in [0.1, 0.15) is 0 Å². The number of hydrogen-bond donors (Lipinski definition) is 0. The maximum absolute atomic E-state index is 12.7. The number of aryl methyl sites for hydroxylation is 2. The van der Waals surface area contributed by atoms with Gasteiger partial charge in [-0.2, -0.15) is 17.5 Å². The van der Waals surface area contributed by atoms with Gasteiger partial charge in [-0.15, -0.1) is 0 Å². The highest BCUT2D eigenvalue weighted by Crippen LogP contribution is 2.36. The van der Waals surface area contributed by atoms with Crippen LogP contribution in [0.5, 0.6) is 0 Å². The van der Waals surface area contributed by atoms with Crippen LogP contribution >= 0.6 is 11.5 Å². The van der Waals surface area contributed by atoms with E-state index in [9.17, 15) is 13.2 Å². The summed E-state index contributed by atoms with van der Waals surface area (Å²) in [5, 5.41) is 0.604. The van der Waals surface area contributed by atoms with E-state index in [4.69, 9.17) is 0 Å². The van der Waals surface area contributed by atoms with Crippen LogP contribution in [0.2, 0.25) is 0 Å². The van der Waals surface area contributed by atoms with Crippen molar-refractivity contribution in [1.29, 1.82) is 0 Å². The Kier molecular flexibility index (Phi) is 7.05. The molecule has 2 aromatic rings. The second-order valence-electron chi connectivity index (χ2n) is 3.45. The molecule has 1 heterocycles. The number of halogens is 3. The molecule has 0 aliphatic rings. The van der Waals surface area contributed by atoms with Crippen LogP contribution < -0.4 is 0 Å². The fourth-order valence-electron chi connectivity index (χ4n) is 1.52. The van der Waals surface area contributed by atoms with Crippen LogP contribution in [0.1, 0.15) is 43.7 Å². The molecular formula is C14H20F3NS. The SMILES string of the molecule is CC.CC.Cc1cc(C(F)(F)F)c2nsc(C)c2c1. The molecule has 0 fully saturated rings. The van der Waals surface area contributed by atoms with Gasteiger partial charge in [0.2, 0.25) is 0 Å². The van der Waals surface area contributed by atoms with Gasteiger partial charge >= 0.3 is 6.18 Å². The maximum Gasteiger partial charge on any atom is 0.418 e. The standard InChI is InChI=1S/C10H8F3NS.2C2H6/c1-5-3-7-6(2)15-14-9(7)8(4-5)10(11,12)13;2*1-2/h3-4H,1-2H3;2*1-2H3. The Morgan fingerprint density at radius 2 is 1.53 bits per heavy atom. The molecule has 0 saturated heterocycles. The summed E-state index contributed by atoms with van der Waals surface area (Å²) in [6, 6.07) is 2.88. The summed E-state index contributed by atoms with van der Waals surface area (Å²) in [4.78, 5) is 0.819. The van der Waals surface area contributed by atoms with Gasteiger partial charge in [-0.05, 0) is 43.1 Å². The lowest BCUT2D eigenvalue weighted by Gasteiger charge is -2.08. The van der Waals surface area contributed by atoms with E-state index in [0.717, 1.165) is 22.5 Å². The van der Waals surface area contributed by atoms with Gasteiger partial charge in [-0.25, -0.2) is 0 Å². The van der Waals surface area contributed by atoms with Gasteiger partial charge in [0, 0.05) is 10.3 Å². The van der Waals surface area contributed by atoms with Crippen molar-refractivity contribution in [2.24, 2.45) is 0 Å². The molecule has 0 spiro atoms. The van der Waals surface area contributed by atoms with Crippen molar-refractivity contribution in [3.8, 4) is 0 Å². The summed E-state index contributed by atoms with van der Waals surface area (Å²) in [5.41, 5.74) is 0.0376. The van der Waals surface area contributed by atoms with E-state index in [1.807, 2.05) is 27.7 Å². The molecule has 0 aliphatic heterocycles. The number of benzene rings is 1. The highest BCUT2D eigenvalue weighted by Gasteiger charge is 2.34. The minimum Gasteiger partial charge on any atom is -0.192 e. The smallest absolute Gasteiger partial charge is 0.192 e. The van der Waals surface area contributed by atoms with E-state index >= 15 is 0 Å². The third kappa shape index (κ3) is 4.20. The van der Waals surface area contributed by atoms with Crippen LogP contribution in [0, 0.1) is 13.8 Å². The molecule has 2 rings (SSSR count). The normalized spacial score (nSPS) is 10.4. The van der Waals surface area contributed by atoms with Crippen molar-refractivity contribution >= 4 is 22.4 Å². The van der Waals surface area contributed by atoms with Gasteiger partial charge < -0.3 is 0 Å². The Labute approximate surface area is 116 Å². The lowest BCUT2D eigenvalue weighted by atomic mass is 10.1. The van der Waals surface area contributed by atoms with Crippen LogP contribution in [0.25, 0.3) is 10.9 Å². The molecule has 1 aromatic heterocycles. The molecule has 0 aliphatic carbocycles. The Hall–Kier alpha value is -1.10. The van der Waals surface area contributed by atoms with E-state index in [1.54, 1.807) is 19.9 Å². The molecule has 1 aromatic carbocycles. The molecule has 0 unspecified atom stereocenters. The van der Waals surface area contributed by atoms with Gasteiger partial charge in [0.15, 0.2) is 0 Å². The summed E-state index contributed by atoms with van der Waals surface area (Å²) in [7, 11) is 0. The summed E-state index contributed by atoms with van der Waals surface area (Å²) < 4.78 is 41.9. The minimum atomic E-state index is -4.33. The van der Waals surface area contributed by atoms with Crippen molar-refractivity contribution in [3.63, 3.8) is 0 Å².